The van der Waals surface area contributed by atoms with Crippen LogP contribution in [0.4, 0.5) is 13.2 Å². The van der Waals surface area contributed by atoms with Gasteiger partial charge in [0.15, 0.2) is 5.41 Å². The van der Waals surface area contributed by atoms with Crippen molar-refractivity contribution in [3.63, 3.8) is 0 Å². The largest absolute Gasteiger partial charge is 0.404 e. The minimum Gasteiger partial charge on any atom is -0.315 e. The fourth-order valence-corrected chi connectivity index (χ4v) is 1.63. The van der Waals surface area contributed by atoms with Gasteiger partial charge in [-0.1, -0.05) is 13.8 Å². The molecule has 100 valence electrons. The van der Waals surface area contributed by atoms with E-state index in [1.807, 2.05) is 19.3 Å². The molecule has 1 rings (SSSR count). The number of nitrogens with one attached hydrogen (secondary N) is 2. The van der Waals surface area contributed by atoms with Gasteiger partial charge in [0.25, 0.3) is 5.91 Å². The highest BCUT2D eigenvalue weighted by Gasteiger charge is 2.61. The van der Waals surface area contributed by atoms with Crippen molar-refractivity contribution in [3.05, 3.63) is 0 Å². The van der Waals surface area contributed by atoms with E-state index in [1.54, 1.807) is 0 Å². The van der Waals surface area contributed by atoms with Crippen LogP contribution in [0.1, 0.15) is 20.3 Å². The van der Waals surface area contributed by atoms with Gasteiger partial charge in [-0.15, -0.1) is 0 Å². The van der Waals surface area contributed by atoms with E-state index in [2.05, 4.69) is 5.32 Å². The monoisotopic (exact) mass is 254 g/mol. The lowest BCUT2D eigenvalue weighted by Gasteiger charge is -2.29. The fraction of sp³-hybridized carbons (Fsp3) is 0.900. The molecule has 0 radical (unpaired) electrons. The molecule has 1 aliphatic heterocycles. The molecule has 2 N–H and O–H groups in total. The Morgan fingerprint density at radius 1 is 1.53 bits per heavy atom. The van der Waals surface area contributed by atoms with E-state index in [9.17, 15) is 18.0 Å². The van der Waals surface area contributed by atoms with Crippen LogP contribution in [0.3, 0.4) is 0 Å². The van der Waals surface area contributed by atoms with Gasteiger partial charge in [-0.2, -0.15) is 13.2 Å². The number of carbonyl (C=O) groups excluding carboxylic acids is 1. The van der Waals surface area contributed by atoms with Crippen LogP contribution in [0.25, 0.3) is 0 Å². The van der Waals surface area contributed by atoms with E-state index in [1.165, 1.54) is 0 Å². The van der Waals surface area contributed by atoms with Crippen LogP contribution in [0.2, 0.25) is 0 Å². The second kappa shape index (κ2) is 5.22. The molecule has 1 aliphatic rings. The number of carbonyl (C=O) groups is 1. The standard InChI is InChI=1S/C10H17F3N2O2/c1-7(2)5-17-15-8(16)9(10(11,12)13)3-4-14-6-9/h7,14H,3-6H2,1-2H3,(H,15,16). The van der Waals surface area contributed by atoms with Crippen molar-refractivity contribution in [2.45, 2.75) is 26.4 Å². The molecule has 0 aromatic heterocycles. The molecule has 7 heteroatoms. The zero-order valence-corrected chi connectivity index (χ0v) is 9.86. The predicted molar refractivity (Wildman–Crippen MR) is 54.9 cm³/mol. The SMILES string of the molecule is CC(C)CONC(=O)C1(C(F)(F)F)CCNC1. The molecule has 0 aromatic carbocycles. The molecule has 0 spiro atoms. The summed E-state index contributed by atoms with van der Waals surface area (Å²) in [6.45, 7) is 3.64. The van der Waals surface area contributed by atoms with Crippen molar-refractivity contribution in [2.75, 3.05) is 19.7 Å². The Balaban J connectivity index is 2.63. The number of hydrogen-bond donors (Lipinski definition) is 2. The van der Waals surface area contributed by atoms with Gasteiger partial charge in [0, 0.05) is 6.54 Å². The van der Waals surface area contributed by atoms with E-state index >= 15 is 0 Å². The van der Waals surface area contributed by atoms with Gasteiger partial charge in [-0.3, -0.25) is 9.63 Å². The molecule has 1 fully saturated rings. The molecule has 1 saturated heterocycles. The smallest absolute Gasteiger partial charge is 0.315 e. The Kier molecular flexibility index (Phi) is 4.37. The average Bonchev–Trinajstić information content (AvgIpc) is 2.65. The predicted octanol–water partition coefficient (Wildman–Crippen LogP) is 1.23. The van der Waals surface area contributed by atoms with E-state index in [4.69, 9.17) is 4.84 Å². The summed E-state index contributed by atoms with van der Waals surface area (Å²) in [4.78, 5) is 16.4. The topological polar surface area (TPSA) is 50.4 Å². The van der Waals surface area contributed by atoms with Crippen LogP contribution in [0, 0.1) is 11.3 Å². The van der Waals surface area contributed by atoms with Gasteiger partial charge in [0.05, 0.1) is 6.61 Å². The Morgan fingerprint density at radius 3 is 2.59 bits per heavy atom. The van der Waals surface area contributed by atoms with E-state index in [0.717, 1.165) is 0 Å². The summed E-state index contributed by atoms with van der Waals surface area (Å²) in [7, 11) is 0. The first-order valence-corrected chi connectivity index (χ1v) is 5.49. The lowest BCUT2D eigenvalue weighted by atomic mass is 9.85. The first-order valence-electron chi connectivity index (χ1n) is 5.49. The summed E-state index contributed by atoms with van der Waals surface area (Å²) in [6, 6.07) is 0. The molecule has 0 aliphatic carbocycles. The summed E-state index contributed by atoms with van der Waals surface area (Å²) in [5, 5.41) is 2.56. The maximum atomic E-state index is 12.9. The molecule has 0 aromatic rings. The van der Waals surface area contributed by atoms with E-state index in [0.29, 0.717) is 0 Å². The van der Waals surface area contributed by atoms with Crippen molar-refractivity contribution in [3.8, 4) is 0 Å². The maximum absolute atomic E-state index is 12.9. The van der Waals surface area contributed by atoms with Gasteiger partial charge >= 0.3 is 6.18 Å². The first-order chi connectivity index (χ1) is 7.79. The summed E-state index contributed by atoms with van der Waals surface area (Å²) in [5.41, 5.74) is -0.453. The third kappa shape index (κ3) is 3.10. The molecule has 17 heavy (non-hydrogen) atoms. The minimum atomic E-state index is -4.57. The van der Waals surface area contributed by atoms with Gasteiger partial charge in [0.2, 0.25) is 0 Å². The summed E-state index contributed by atoms with van der Waals surface area (Å²) in [6.07, 6.45) is -4.82. The van der Waals surface area contributed by atoms with Crippen molar-refractivity contribution < 1.29 is 22.8 Å². The van der Waals surface area contributed by atoms with Gasteiger partial charge in [-0.25, -0.2) is 5.48 Å². The molecule has 0 bridgehead atoms. The van der Waals surface area contributed by atoms with Gasteiger partial charge in [0.1, 0.15) is 0 Å². The second-order valence-electron chi connectivity index (χ2n) is 4.64. The minimum absolute atomic E-state index is 0.138. The van der Waals surface area contributed by atoms with Crippen molar-refractivity contribution in [2.24, 2.45) is 11.3 Å². The number of hydroxylamine groups is 1. The summed E-state index contributed by atoms with van der Waals surface area (Å²) >= 11 is 0. The van der Waals surface area contributed by atoms with Crippen molar-refractivity contribution in [1.29, 1.82) is 0 Å². The Morgan fingerprint density at radius 2 is 2.18 bits per heavy atom. The molecule has 1 heterocycles. The van der Waals surface area contributed by atoms with E-state index < -0.39 is 24.0 Å². The lowest BCUT2D eigenvalue weighted by molar-refractivity contribution is -0.221. The van der Waals surface area contributed by atoms with Crippen LogP contribution >= 0.6 is 0 Å². The molecule has 4 nitrogen and oxygen atoms in total. The zero-order chi connectivity index (χ0) is 13.1. The molecule has 0 saturated carbocycles. The third-order valence-electron chi connectivity index (χ3n) is 2.71. The van der Waals surface area contributed by atoms with Crippen molar-refractivity contribution >= 4 is 5.91 Å². The summed E-state index contributed by atoms with van der Waals surface area (Å²) in [5.74, 6) is -0.977. The Labute approximate surface area is 97.8 Å². The molecular weight excluding hydrogens is 237 g/mol. The highest BCUT2D eigenvalue weighted by Crippen LogP contribution is 2.43. The van der Waals surface area contributed by atoms with Gasteiger partial charge < -0.3 is 5.32 Å². The number of amides is 1. The average molecular weight is 254 g/mol. The first kappa shape index (κ1) is 14.2. The summed E-state index contributed by atoms with van der Waals surface area (Å²) < 4.78 is 38.7. The highest BCUT2D eigenvalue weighted by atomic mass is 19.4. The normalized spacial score (nSPS) is 25.3. The number of hydrogen-bond acceptors (Lipinski definition) is 3. The van der Waals surface area contributed by atoms with Crippen LogP contribution in [0.15, 0.2) is 0 Å². The number of halogens is 3. The fourth-order valence-electron chi connectivity index (χ4n) is 1.63. The van der Waals surface area contributed by atoms with Crippen LogP contribution < -0.4 is 10.8 Å². The highest BCUT2D eigenvalue weighted by molar-refractivity contribution is 5.83. The van der Waals surface area contributed by atoms with Crippen LogP contribution in [0.5, 0.6) is 0 Å². The number of rotatable bonds is 4. The quantitative estimate of drug-likeness (QED) is 0.742. The number of alkyl halides is 3. The zero-order valence-electron chi connectivity index (χ0n) is 9.86. The van der Waals surface area contributed by atoms with Gasteiger partial charge in [-0.05, 0) is 18.9 Å². The van der Waals surface area contributed by atoms with Crippen LogP contribution in [-0.2, 0) is 9.63 Å². The van der Waals surface area contributed by atoms with Crippen molar-refractivity contribution in [1.82, 2.24) is 10.8 Å². The molecule has 1 unspecified atom stereocenters. The van der Waals surface area contributed by atoms with Crippen LogP contribution in [-0.4, -0.2) is 31.8 Å². The van der Waals surface area contributed by atoms with E-state index in [-0.39, 0.29) is 25.5 Å². The molecular formula is C10H17F3N2O2. The third-order valence-corrected chi connectivity index (χ3v) is 2.71. The Hall–Kier alpha value is -0.820. The Bertz CT molecular complexity index is 273. The molecule has 1 atom stereocenters. The maximum Gasteiger partial charge on any atom is 0.404 e. The second-order valence-corrected chi connectivity index (χ2v) is 4.64. The lowest BCUT2D eigenvalue weighted by Crippen LogP contribution is -2.52. The molecule has 1 amide bonds.